The maximum Gasteiger partial charge on any atom is 0.255 e. The molecule has 2 rings (SSSR count). The van der Waals surface area contributed by atoms with E-state index in [2.05, 4.69) is 10.4 Å². The molecule has 0 bridgehead atoms. The molecule has 0 saturated heterocycles. The number of aryl methyl sites for hydroxylation is 1. The number of benzene rings is 1. The number of halogens is 1. The largest absolute Gasteiger partial charge is 0.339 e. The lowest BCUT2D eigenvalue weighted by Crippen LogP contribution is -2.24. The van der Waals surface area contributed by atoms with Crippen molar-refractivity contribution >= 4 is 5.91 Å². The third-order valence-corrected chi connectivity index (χ3v) is 2.92. The summed E-state index contributed by atoms with van der Waals surface area (Å²) in [5.74, 6) is -0.669. The smallest absolute Gasteiger partial charge is 0.255 e. The number of nitrogens with zero attached hydrogens (tertiary/aromatic N) is 3. The van der Waals surface area contributed by atoms with Crippen molar-refractivity contribution in [2.45, 2.75) is 13.8 Å². The Morgan fingerprint density at radius 1 is 1.40 bits per heavy atom. The highest BCUT2D eigenvalue weighted by Crippen LogP contribution is 2.18. The van der Waals surface area contributed by atoms with Gasteiger partial charge in [0.25, 0.3) is 5.91 Å². The van der Waals surface area contributed by atoms with Crippen LogP contribution in [-0.2, 0) is 0 Å². The van der Waals surface area contributed by atoms with Crippen LogP contribution in [0.3, 0.4) is 0 Å². The number of carbonyl (C=O) groups is 1. The van der Waals surface area contributed by atoms with Crippen molar-refractivity contribution in [2.24, 2.45) is 0 Å². The van der Waals surface area contributed by atoms with Crippen molar-refractivity contribution in [2.75, 3.05) is 6.54 Å². The zero-order valence-electron chi connectivity index (χ0n) is 11.1. The van der Waals surface area contributed by atoms with E-state index >= 15 is 0 Å². The number of hydrogen-bond acceptors (Lipinski definition) is 3. The van der Waals surface area contributed by atoms with Crippen LogP contribution in [0.25, 0.3) is 5.69 Å². The summed E-state index contributed by atoms with van der Waals surface area (Å²) in [6.45, 7) is 3.42. The van der Waals surface area contributed by atoms with Crippen LogP contribution in [0.2, 0.25) is 0 Å². The first-order valence-electron chi connectivity index (χ1n) is 6.02. The van der Waals surface area contributed by atoms with E-state index in [1.54, 1.807) is 30.7 Å². The zero-order valence-corrected chi connectivity index (χ0v) is 11.1. The fraction of sp³-hybridized carbons (Fsp3) is 0.214. The first-order valence-corrected chi connectivity index (χ1v) is 6.02. The number of nitriles is 1. The zero-order chi connectivity index (χ0) is 14.7. The Morgan fingerprint density at radius 2 is 2.05 bits per heavy atom. The summed E-state index contributed by atoms with van der Waals surface area (Å²) in [6, 6.07) is 7.70. The van der Waals surface area contributed by atoms with Gasteiger partial charge < -0.3 is 5.32 Å². The maximum absolute atomic E-state index is 12.9. The van der Waals surface area contributed by atoms with E-state index in [-0.39, 0.29) is 18.3 Å². The minimum absolute atomic E-state index is 0.0561. The Balaban J connectivity index is 2.41. The second-order valence-corrected chi connectivity index (χ2v) is 4.27. The number of aromatic nitrogens is 2. The third-order valence-electron chi connectivity index (χ3n) is 2.92. The van der Waals surface area contributed by atoms with Crippen molar-refractivity contribution in [1.29, 1.82) is 5.26 Å². The van der Waals surface area contributed by atoms with Crippen LogP contribution in [0, 0.1) is 31.0 Å². The standard InChI is InChI=1S/C14H13FN4O/c1-9-13(14(20)17-8-7-16)10(2)19(18-9)12-5-3-11(15)4-6-12/h3-6H,8H2,1-2H3,(H,17,20). The molecule has 6 heteroatoms. The maximum atomic E-state index is 12.9. The summed E-state index contributed by atoms with van der Waals surface area (Å²) in [5.41, 5.74) is 2.31. The van der Waals surface area contributed by atoms with Gasteiger partial charge in [-0.1, -0.05) is 0 Å². The highest BCUT2D eigenvalue weighted by molar-refractivity contribution is 5.96. The molecule has 102 valence electrons. The van der Waals surface area contributed by atoms with Gasteiger partial charge in [-0.2, -0.15) is 10.4 Å². The molecule has 5 nitrogen and oxygen atoms in total. The van der Waals surface area contributed by atoms with Gasteiger partial charge in [-0.3, -0.25) is 4.79 Å². The first kappa shape index (κ1) is 13.7. The van der Waals surface area contributed by atoms with Crippen molar-refractivity contribution in [3.8, 4) is 11.8 Å². The average molecular weight is 272 g/mol. The van der Waals surface area contributed by atoms with Gasteiger partial charge in [-0.15, -0.1) is 0 Å². The molecule has 1 amide bonds. The molecule has 1 heterocycles. The van der Waals surface area contributed by atoms with Crippen molar-refractivity contribution in [1.82, 2.24) is 15.1 Å². The highest BCUT2D eigenvalue weighted by atomic mass is 19.1. The molecule has 1 aromatic carbocycles. The monoisotopic (exact) mass is 272 g/mol. The molecule has 0 fully saturated rings. The number of rotatable bonds is 3. The lowest BCUT2D eigenvalue weighted by Gasteiger charge is -2.05. The van der Waals surface area contributed by atoms with Crippen LogP contribution in [0.5, 0.6) is 0 Å². The number of carbonyl (C=O) groups excluding carboxylic acids is 1. The summed E-state index contributed by atoms with van der Waals surface area (Å²) in [4.78, 5) is 12.0. The summed E-state index contributed by atoms with van der Waals surface area (Å²) >= 11 is 0. The van der Waals surface area contributed by atoms with Gasteiger partial charge >= 0.3 is 0 Å². The Bertz CT molecular complexity index is 682. The molecule has 0 radical (unpaired) electrons. The van der Waals surface area contributed by atoms with E-state index in [0.29, 0.717) is 22.6 Å². The fourth-order valence-corrected chi connectivity index (χ4v) is 2.01. The number of hydrogen-bond donors (Lipinski definition) is 1. The molecule has 0 aliphatic carbocycles. The minimum Gasteiger partial charge on any atom is -0.339 e. The summed E-state index contributed by atoms with van der Waals surface area (Å²) < 4.78 is 14.5. The lowest BCUT2D eigenvalue weighted by atomic mass is 10.2. The van der Waals surface area contributed by atoms with E-state index in [1.807, 2.05) is 6.07 Å². The number of nitrogens with one attached hydrogen (secondary N) is 1. The molecular weight excluding hydrogens is 259 g/mol. The topological polar surface area (TPSA) is 70.7 Å². The van der Waals surface area contributed by atoms with Crippen LogP contribution in [-0.4, -0.2) is 22.2 Å². The van der Waals surface area contributed by atoms with Gasteiger partial charge in [0, 0.05) is 0 Å². The molecule has 0 unspecified atom stereocenters. The Kier molecular flexibility index (Phi) is 3.80. The molecule has 1 N–H and O–H groups in total. The normalized spacial score (nSPS) is 10.1. The summed E-state index contributed by atoms with van der Waals surface area (Å²) in [7, 11) is 0. The molecule has 0 spiro atoms. The fourth-order valence-electron chi connectivity index (χ4n) is 2.01. The van der Waals surface area contributed by atoms with Crippen LogP contribution in [0.15, 0.2) is 24.3 Å². The van der Waals surface area contributed by atoms with Crippen LogP contribution in [0.1, 0.15) is 21.7 Å². The Labute approximate surface area is 115 Å². The quantitative estimate of drug-likeness (QED) is 0.867. The van der Waals surface area contributed by atoms with Crippen LogP contribution in [0.4, 0.5) is 4.39 Å². The SMILES string of the molecule is Cc1nn(-c2ccc(F)cc2)c(C)c1C(=O)NCC#N. The molecular formula is C14H13FN4O. The van der Waals surface area contributed by atoms with Gasteiger partial charge in [0.1, 0.15) is 12.4 Å². The second kappa shape index (κ2) is 5.53. The predicted molar refractivity (Wildman–Crippen MR) is 70.9 cm³/mol. The average Bonchev–Trinajstić information content (AvgIpc) is 2.72. The van der Waals surface area contributed by atoms with E-state index < -0.39 is 0 Å². The molecule has 0 aliphatic heterocycles. The van der Waals surface area contributed by atoms with E-state index in [1.165, 1.54) is 12.1 Å². The van der Waals surface area contributed by atoms with Gasteiger partial charge in [0.15, 0.2) is 0 Å². The van der Waals surface area contributed by atoms with Gasteiger partial charge in [-0.25, -0.2) is 9.07 Å². The van der Waals surface area contributed by atoms with Crippen molar-refractivity contribution < 1.29 is 9.18 Å². The summed E-state index contributed by atoms with van der Waals surface area (Å²) in [6.07, 6.45) is 0. The second-order valence-electron chi connectivity index (χ2n) is 4.27. The van der Waals surface area contributed by atoms with Gasteiger partial charge in [-0.05, 0) is 38.1 Å². The molecule has 2 aromatic rings. The Morgan fingerprint density at radius 3 is 2.65 bits per heavy atom. The predicted octanol–water partition coefficient (Wildman–Crippen LogP) is 1.88. The molecule has 1 aromatic heterocycles. The summed E-state index contributed by atoms with van der Waals surface area (Å²) in [5, 5.41) is 15.3. The van der Waals surface area contributed by atoms with E-state index in [9.17, 15) is 9.18 Å². The number of amides is 1. The molecule has 0 aliphatic rings. The molecule has 0 atom stereocenters. The highest BCUT2D eigenvalue weighted by Gasteiger charge is 2.18. The van der Waals surface area contributed by atoms with E-state index in [0.717, 1.165) is 0 Å². The first-order chi connectivity index (χ1) is 9.54. The minimum atomic E-state index is -0.338. The molecule has 20 heavy (non-hydrogen) atoms. The third kappa shape index (κ3) is 2.52. The van der Waals surface area contributed by atoms with Gasteiger partial charge in [0.2, 0.25) is 0 Å². The van der Waals surface area contributed by atoms with Crippen molar-refractivity contribution in [3.05, 3.63) is 47.0 Å². The van der Waals surface area contributed by atoms with Crippen LogP contribution >= 0.6 is 0 Å². The van der Waals surface area contributed by atoms with Crippen molar-refractivity contribution in [3.63, 3.8) is 0 Å². The van der Waals surface area contributed by atoms with E-state index in [4.69, 9.17) is 5.26 Å². The van der Waals surface area contributed by atoms with Gasteiger partial charge in [0.05, 0.1) is 28.7 Å². The van der Waals surface area contributed by atoms with Crippen LogP contribution < -0.4 is 5.32 Å². The molecule has 0 saturated carbocycles. The lowest BCUT2D eigenvalue weighted by molar-refractivity contribution is 0.0957. The Hall–Kier alpha value is -2.68.